The minimum atomic E-state index is -0.287. The number of amides is 1. The van der Waals surface area contributed by atoms with Crippen LogP contribution in [0, 0.1) is 0 Å². The number of likely N-dealkylation sites (tertiary alicyclic amines) is 1. The Bertz CT molecular complexity index is 288. The maximum Gasteiger partial charge on any atom is 0.319 e. The van der Waals surface area contributed by atoms with Crippen LogP contribution in [0.3, 0.4) is 0 Å². The second-order valence-corrected chi connectivity index (χ2v) is 4.75. The van der Waals surface area contributed by atoms with E-state index in [1.165, 1.54) is 7.11 Å². The number of ether oxygens (including phenoxy) is 1. The Morgan fingerprint density at radius 3 is 2.44 bits per heavy atom. The van der Waals surface area contributed by atoms with Crippen LogP contribution in [-0.2, 0) is 14.3 Å². The van der Waals surface area contributed by atoms with E-state index in [1.807, 2.05) is 23.6 Å². The van der Waals surface area contributed by atoms with Gasteiger partial charge in [0.15, 0.2) is 0 Å². The van der Waals surface area contributed by atoms with Crippen molar-refractivity contribution in [2.24, 2.45) is 0 Å². The average Bonchev–Trinajstić information content (AvgIpc) is 2.90. The maximum atomic E-state index is 12.3. The van der Waals surface area contributed by atoms with Crippen molar-refractivity contribution in [1.82, 2.24) is 9.80 Å². The van der Waals surface area contributed by atoms with Gasteiger partial charge in [0.1, 0.15) is 0 Å². The van der Waals surface area contributed by atoms with Crippen molar-refractivity contribution in [3.05, 3.63) is 0 Å². The Labute approximate surface area is 109 Å². The highest BCUT2D eigenvalue weighted by molar-refractivity contribution is 5.82. The molecule has 0 aromatic rings. The summed E-state index contributed by atoms with van der Waals surface area (Å²) in [6, 6.07) is -0.248. The molecule has 1 unspecified atom stereocenters. The molecule has 0 saturated carbocycles. The summed E-state index contributed by atoms with van der Waals surface area (Å²) in [7, 11) is 1.37. The predicted molar refractivity (Wildman–Crippen MR) is 69.2 cm³/mol. The molecule has 104 valence electrons. The Balaban J connectivity index is 2.59. The SMILES string of the molecule is CCCN(CC(=O)OC)C(C)C(=O)N1CCCC1. The van der Waals surface area contributed by atoms with Gasteiger partial charge in [-0.05, 0) is 32.7 Å². The van der Waals surface area contributed by atoms with Gasteiger partial charge >= 0.3 is 5.97 Å². The highest BCUT2D eigenvalue weighted by Gasteiger charge is 2.28. The van der Waals surface area contributed by atoms with E-state index in [0.29, 0.717) is 0 Å². The lowest BCUT2D eigenvalue weighted by Crippen LogP contribution is -2.48. The molecular weight excluding hydrogens is 232 g/mol. The van der Waals surface area contributed by atoms with Gasteiger partial charge in [0.25, 0.3) is 0 Å². The number of esters is 1. The van der Waals surface area contributed by atoms with E-state index in [0.717, 1.165) is 38.9 Å². The second kappa shape index (κ2) is 7.36. The van der Waals surface area contributed by atoms with Crippen molar-refractivity contribution >= 4 is 11.9 Å². The molecule has 5 nitrogen and oxygen atoms in total. The van der Waals surface area contributed by atoms with E-state index in [9.17, 15) is 9.59 Å². The Kier molecular flexibility index (Phi) is 6.12. The molecule has 0 bridgehead atoms. The van der Waals surface area contributed by atoms with Crippen molar-refractivity contribution in [2.75, 3.05) is 33.3 Å². The molecule has 1 heterocycles. The van der Waals surface area contributed by atoms with Gasteiger partial charge in [-0.1, -0.05) is 6.92 Å². The number of hydrogen-bond donors (Lipinski definition) is 0. The van der Waals surface area contributed by atoms with Crippen molar-refractivity contribution < 1.29 is 14.3 Å². The number of carbonyl (C=O) groups is 2. The Morgan fingerprint density at radius 2 is 1.94 bits per heavy atom. The minimum absolute atomic E-state index is 0.129. The summed E-state index contributed by atoms with van der Waals surface area (Å²) in [5.41, 5.74) is 0. The lowest BCUT2D eigenvalue weighted by Gasteiger charge is -2.29. The van der Waals surface area contributed by atoms with E-state index < -0.39 is 0 Å². The van der Waals surface area contributed by atoms with Crippen LogP contribution in [0.15, 0.2) is 0 Å². The van der Waals surface area contributed by atoms with Crippen molar-refractivity contribution in [3.8, 4) is 0 Å². The third-order valence-electron chi connectivity index (χ3n) is 3.39. The van der Waals surface area contributed by atoms with Gasteiger partial charge in [0.2, 0.25) is 5.91 Å². The van der Waals surface area contributed by atoms with E-state index in [-0.39, 0.29) is 24.5 Å². The molecule has 18 heavy (non-hydrogen) atoms. The summed E-state index contributed by atoms with van der Waals surface area (Å²) in [6.45, 7) is 6.53. The zero-order chi connectivity index (χ0) is 13.5. The molecule has 0 aromatic heterocycles. The fraction of sp³-hybridized carbons (Fsp3) is 0.846. The van der Waals surface area contributed by atoms with Crippen LogP contribution >= 0.6 is 0 Å². The van der Waals surface area contributed by atoms with Crippen molar-refractivity contribution in [2.45, 2.75) is 39.2 Å². The first-order valence-corrected chi connectivity index (χ1v) is 6.69. The largest absolute Gasteiger partial charge is 0.468 e. The molecule has 1 saturated heterocycles. The van der Waals surface area contributed by atoms with Crippen LogP contribution in [0.1, 0.15) is 33.1 Å². The van der Waals surface area contributed by atoms with Gasteiger partial charge < -0.3 is 9.64 Å². The lowest BCUT2D eigenvalue weighted by molar-refractivity contribution is -0.144. The summed E-state index contributed by atoms with van der Waals surface area (Å²) >= 11 is 0. The molecule has 0 aromatic carbocycles. The van der Waals surface area contributed by atoms with Crippen LogP contribution in [0.25, 0.3) is 0 Å². The minimum Gasteiger partial charge on any atom is -0.468 e. The van der Waals surface area contributed by atoms with Gasteiger partial charge in [-0.3, -0.25) is 14.5 Å². The Morgan fingerprint density at radius 1 is 1.33 bits per heavy atom. The van der Waals surface area contributed by atoms with Crippen LogP contribution in [0.2, 0.25) is 0 Å². The molecule has 1 amide bonds. The molecule has 5 heteroatoms. The van der Waals surface area contributed by atoms with Gasteiger partial charge in [-0.15, -0.1) is 0 Å². The molecule has 1 atom stereocenters. The van der Waals surface area contributed by atoms with Gasteiger partial charge in [0, 0.05) is 13.1 Å². The van der Waals surface area contributed by atoms with Gasteiger partial charge in [0.05, 0.1) is 19.7 Å². The number of nitrogens with zero attached hydrogens (tertiary/aromatic N) is 2. The predicted octanol–water partition coefficient (Wildman–Crippen LogP) is 0.882. The smallest absolute Gasteiger partial charge is 0.319 e. The molecular formula is C13H24N2O3. The first-order valence-electron chi connectivity index (χ1n) is 6.69. The van der Waals surface area contributed by atoms with Crippen molar-refractivity contribution in [1.29, 1.82) is 0 Å². The quantitative estimate of drug-likeness (QED) is 0.662. The number of rotatable bonds is 6. The normalized spacial score (nSPS) is 17.0. The van der Waals surface area contributed by atoms with E-state index in [1.54, 1.807) is 0 Å². The van der Waals surface area contributed by atoms with E-state index in [2.05, 4.69) is 4.74 Å². The van der Waals surface area contributed by atoms with Crippen LogP contribution < -0.4 is 0 Å². The summed E-state index contributed by atoms with van der Waals surface area (Å²) in [5, 5.41) is 0. The highest BCUT2D eigenvalue weighted by Crippen LogP contribution is 2.12. The van der Waals surface area contributed by atoms with E-state index >= 15 is 0 Å². The fourth-order valence-corrected chi connectivity index (χ4v) is 2.29. The topological polar surface area (TPSA) is 49.9 Å². The maximum absolute atomic E-state index is 12.3. The molecule has 0 N–H and O–H groups in total. The number of carbonyl (C=O) groups excluding carboxylic acids is 2. The molecule has 0 spiro atoms. The standard InChI is InChI=1S/C13H24N2O3/c1-4-7-15(10-12(16)18-3)11(2)13(17)14-8-5-6-9-14/h11H,4-10H2,1-3H3. The third-order valence-corrected chi connectivity index (χ3v) is 3.39. The molecule has 1 aliphatic heterocycles. The number of methoxy groups -OCH3 is 1. The Hall–Kier alpha value is -1.10. The van der Waals surface area contributed by atoms with Gasteiger partial charge in [-0.25, -0.2) is 0 Å². The summed E-state index contributed by atoms with van der Waals surface area (Å²) < 4.78 is 4.68. The zero-order valence-electron chi connectivity index (χ0n) is 11.6. The molecule has 1 rings (SSSR count). The molecule has 1 aliphatic rings. The van der Waals surface area contributed by atoms with Crippen LogP contribution in [0.4, 0.5) is 0 Å². The number of hydrogen-bond acceptors (Lipinski definition) is 4. The lowest BCUT2D eigenvalue weighted by atomic mass is 10.2. The van der Waals surface area contributed by atoms with Gasteiger partial charge in [-0.2, -0.15) is 0 Å². The van der Waals surface area contributed by atoms with Crippen LogP contribution in [0.5, 0.6) is 0 Å². The fourth-order valence-electron chi connectivity index (χ4n) is 2.29. The monoisotopic (exact) mass is 256 g/mol. The highest BCUT2D eigenvalue weighted by atomic mass is 16.5. The molecule has 0 aliphatic carbocycles. The van der Waals surface area contributed by atoms with Crippen LogP contribution in [-0.4, -0.2) is 61.0 Å². The third kappa shape index (κ3) is 3.98. The second-order valence-electron chi connectivity index (χ2n) is 4.75. The summed E-state index contributed by atoms with van der Waals surface area (Å²) in [5.74, 6) is -0.158. The first kappa shape index (κ1) is 15.0. The first-order chi connectivity index (χ1) is 8.60. The average molecular weight is 256 g/mol. The molecule has 0 radical (unpaired) electrons. The molecule has 1 fully saturated rings. The zero-order valence-corrected chi connectivity index (χ0v) is 11.6. The van der Waals surface area contributed by atoms with Crippen molar-refractivity contribution in [3.63, 3.8) is 0 Å². The summed E-state index contributed by atoms with van der Waals surface area (Å²) in [4.78, 5) is 27.4. The van der Waals surface area contributed by atoms with E-state index in [4.69, 9.17) is 0 Å². The summed E-state index contributed by atoms with van der Waals surface area (Å²) in [6.07, 6.45) is 3.08.